The molecule has 1 aromatic heterocycles. The zero-order valence-corrected chi connectivity index (χ0v) is 12.2. The highest BCUT2D eigenvalue weighted by molar-refractivity contribution is 7.92. The molecule has 0 saturated carbocycles. The molecule has 0 aliphatic rings. The predicted molar refractivity (Wildman–Crippen MR) is 76.2 cm³/mol. The van der Waals surface area contributed by atoms with E-state index in [0.717, 1.165) is 0 Å². The van der Waals surface area contributed by atoms with E-state index < -0.39 is 16.0 Å². The summed E-state index contributed by atoms with van der Waals surface area (Å²) in [4.78, 5) is 11.2. The Bertz CT molecular complexity index is 765. The highest BCUT2D eigenvalue weighted by Crippen LogP contribution is 2.20. The van der Waals surface area contributed by atoms with Crippen molar-refractivity contribution in [3.8, 4) is 0 Å². The Hall–Kier alpha value is -2.55. The summed E-state index contributed by atoms with van der Waals surface area (Å²) < 4.78 is 32.6. The molecule has 9 heteroatoms. The molecule has 2 rings (SSSR count). The van der Waals surface area contributed by atoms with E-state index in [4.69, 9.17) is 5.73 Å². The molecule has 2 aromatic rings. The smallest absolute Gasteiger partial charge is 0.337 e. The normalized spacial score (nSPS) is 11.1. The van der Waals surface area contributed by atoms with Gasteiger partial charge in [0.05, 0.1) is 12.7 Å². The van der Waals surface area contributed by atoms with Crippen LogP contribution in [0.15, 0.2) is 35.4 Å². The number of nitrogens with zero attached hydrogens (tertiary/aromatic N) is 2. The average molecular weight is 310 g/mol. The van der Waals surface area contributed by atoms with Gasteiger partial charge in [0.15, 0.2) is 5.82 Å². The third-order valence-electron chi connectivity index (χ3n) is 2.67. The Morgan fingerprint density at radius 3 is 2.43 bits per heavy atom. The van der Waals surface area contributed by atoms with Crippen molar-refractivity contribution < 1.29 is 17.9 Å². The van der Waals surface area contributed by atoms with Crippen molar-refractivity contribution in [3.63, 3.8) is 0 Å². The largest absolute Gasteiger partial charge is 0.465 e. The van der Waals surface area contributed by atoms with E-state index in [1.54, 1.807) is 7.05 Å². The van der Waals surface area contributed by atoms with E-state index in [9.17, 15) is 13.2 Å². The van der Waals surface area contributed by atoms with E-state index in [1.807, 2.05) is 0 Å². The Labute approximate surface area is 121 Å². The summed E-state index contributed by atoms with van der Waals surface area (Å²) in [6.45, 7) is 0. The van der Waals surface area contributed by atoms with Crippen LogP contribution in [-0.4, -0.2) is 31.3 Å². The number of nitrogen functional groups attached to an aromatic ring is 1. The Morgan fingerprint density at radius 1 is 1.33 bits per heavy atom. The van der Waals surface area contributed by atoms with Crippen LogP contribution in [0.5, 0.6) is 0 Å². The van der Waals surface area contributed by atoms with Crippen molar-refractivity contribution in [2.45, 2.75) is 4.90 Å². The summed E-state index contributed by atoms with van der Waals surface area (Å²) in [5.41, 5.74) is 6.17. The number of hydrogen-bond acceptors (Lipinski definition) is 6. The molecule has 0 saturated heterocycles. The lowest BCUT2D eigenvalue weighted by Gasteiger charge is -2.07. The van der Waals surface area contributed by atoms with Crippen molar-refractivity contribution in [1.29, 1.82) is 0 Å². The van der Waals surface area contributed by atoms with Crippen molar-refractivity contribution in [2.75, 3.05) is 17.6 Å². The van der Waals surface area contributed by atoms with Gasteiger partial charge in [0.25, 0.3) is 10.0 Å². The second kappa shape index (κ2) is 5.44. The Morgan fingerprint density at radius 2 is 1.95 bits per heavy atom. The van der Waals surface area contributed by atoms with Gasteiger partial charge in [-0.3, -0.25) is 9.40 Å². The minimum absolute atomic E-state index is 0.0869. The molecule has 0 bridgehead atoms. The molecule has 1 heterocycles. The lowest BCUT2D eigenvalue weighted by atomic mass is 10.2. The van der Waals surface area contributed by atoms with E-state index in [2.05, 4.69) is 14.6 Å². The van der Waals surface area contributed by atoms with Crippen molar-refractivity contribution >= 4 is 27.5 Å². The maximum absolute atomic E-state index is 12.2. The third kappa shape index (κ3) is 3.14. The molecule has 1 aromatic carbocycles. The van der Waals surface area contributed by atoms with Crippen LogP contribution in [0.25, 0.3) is 0 Å². The van der Waals surface area contributed by atoms with Gasteiger partial charge >= 0.3 is 5.97 Å². The molecule has 0 spiro atoms. The number of aromatic nitrogens is 2. The van der Waals surface area contributed by atoms with Crippen LogP contribution in [0.4, 0.5) is 11.5 Å². The van der Waals surface area contributed by atoms with Crippen LogP contribution in [0.2, 0.25) is 0 Å². The highest BCUT2D eigenvalue weighted by Gasteiger charge is 2.20. The topological polar surface area (TPSA) is 116 Å². The molecular weight excluding hydrogens is 296 g/mol. The number of anilines is 2. The number of carbonyl (C=O) groups excluding carboxylic acids is 1. The molecule has 112 valence electrons. The number of sulfonamides is 1. The number of methoxy groups -OCH3 is 1. The number of esters is 1. The van der Waals surface area contributed by atoms with Gasteiger partial charge in [-0.25, -0.2) is 13.2 Å². The molecule has 0 fully saturated rings. The van der Waals surface area contributed by atoms with Gasteiger partial charge < -0.3 is 10.5 Å². The third-order valence-corrected chi connectivity index (χ3v) is 4.07. The number of nitrogens with two attached hydrogens (primary N) is 1. The van der Waals surface area contributed by atoms with Crippen molar-refractivity contribution in [2.24, 2.45) is 7.05 Å². The molecule has 0 amide bonds. The molecule has 0 aliphatic carbocycles. The minimum Gasteiger partial charge on any atom is -0.465 e. The van der Waals surface area contributed by atoms with E-state index >= 15 is 0 Å². The summed E-state index contributed by atoms with van der Waals surface area (Å²) in [6, 6.07) is 5.82. The van der Waals surface area contributed by atoms with Crippen LogP contribution < -0.4 is 10.5 Å². The van der Waals surface area contributed by atoms with Gasteiger partial charge in [-0.05, 0) is 24.3 Å². The minimum atomic E-state index is -3.84. The summed E-state index contributed by atoms with van der Waals surface area (Å²) in [5, 5.41) is 3.78. The molecule has 0 radical (unpaired) electrons. The van der Waals surface area contributed by atoms with E-state index in [0.29, 0.717) is 11.3 Å². The van der Waals surface area contributed by atoms with Crippen LogP contribution in [0.3, 0.4) is 0 Å². The first-order valence-corrected chi connectivity index (χ1v) is 7.32. The quantitative estimate of drug-likeness (QED) is 0.798. The lowest BCUT2D eigenvalue weighted by molar-refractivity contribution is 0.0601. The molecule has 8 nitrogen and oxygen atoms in total. The molecule has 0 unspecified atom stereocenters. The lowest BCUT2D eigenvalue weighted by Crippen LogP contribution is -2.14. The molecule has 0 aliphatic heterocycles. The van der Waals surface area contributed by atoms with Crippen LogP contribution >= 0.6 is 0 Å². The van der Waals surface area contributed by atoms with Crippen molar-refractivity contribution in [3.05, 3.63) is 36.0 Å². The van der Waals surface area contributed by atoms with E-state index in [-0.39, 0.29) is 10.7 Å². The summed E-state index contributed by atoms with van der Waals surface area (Å²) in [7, 11) is -0.998. The number of nitrogens with one attached hydrogen (secondary N) is 1. The van der Waals surface area contributed by atoms with Crippen molar-refractivity contribution in [1.82, 2.24) is 9.78 Å². The predicted octanol–water partition coefficient (Wildman–Crippen LogP) is 0.590. The highest BCUT2D eigenvalue weighted by atomic mass is 32.2. The number of benzene rings is 1. The van der Waals surface area contributed by atoms with Gasteiger partial charge in [0.1, 0.15) is 4.90 Å². The number of ether oxygens (including phenoxy) is 1. The maximum atomic E-state index is 12.2. The molecule has 3 N–H and O–H groups in total. The van der Waals surface area contributed by atoms with Crippen LogP contribution in [0.1, 0.15) is 10.4 Å². The number of aryl methyl sites for hydroxylation is 1. The number of rotatable bonds is 4. The second-order valence-electron chi connectivity index (χ2n) is 4.23. The van der Waals surface area contributed by atoms with Crippen LogP contribution in [0, 0.1) is 0 Å². The average Bonchev–Trinajstić information content (AvgIpc) is 2.78. The molecular formula is C12H14N4O4S. The zero-order valence-electron chi connectivity index (χ0n) is 11.4. The van der Waals surface area contributed by atoms with Gasteiger partial charge in [0.2, 0.25) is 0 Å². The summed E-state index contributed by atoms with van der Waals surface area (Å²) in [5.74, 6) is -0.586. The molecule has 21 heavy (non-hydrogen) atoms. The maximum Gasteiger partial charge on any atom is 0.337 e. The first-order valence-electron chi connectivity index (χ1n) is 5.84. The fourth-order valence-electron chi connectivity index (χ4n) is 1.69. The summed E-state index contributed by atoms with van der Waals surface area (Å²) >= 11 is 0. The fraction of sp³-hybridized carbons (Fsp3) is 0.167. The first kappa shape index (κ1) is 14.9. The standard InChI is InChI=1S/C12H14N4O4S/c1-16-7-10(11(13)14-16)21(18,19)15-9-5-3-8(4-6-9)12(17)20-2/h3-7,15H,1-2H3,(H2,13,14). The Kier molecular flexibility index (Phi) is 3.85. The molecule has 0 atom stereocenters. The zero-order chi connectivity index (χ0) is 15.6. The van der Waals surface area contributed by atoms with Gasteiger partial charge in [-0.2, -0.15) is 5.10 Å². The SMILES string of the molecule is COC(=O)c1ccc(NS(=O)(=O)c2cn(C)nc2N)cc1. The van der Waals surface area contributed by atoms with Gasteiger partial charge in [-0.15, -0.1) is 0 Å². The number of carbonyl (C=O) groups is 1. The Balaban J connectivity index is 2.25. The van der Waals surface area contributed by atoms with Gasteiger partial charge in [-0.1, -0.05) is 0 Å². The van der Waals surface area contributed by atoms with E-state index in [1.165, 1.54) is 42.3 Å². The van der Waals surface area contributed by atoms with Gasteiger partial charge in [0, 0.05) is 18.9 Å². The second-order valence-corrected chi connectivity index (χ2v) is 5.88. The summed E-state index contributed by atoms with van der Waals surface area (Å²) in [6.07, 6.45) is 1.31. The van der Waals surface area contributed by atoms with Crippen LogP contribution in [-0.2, 0) is 21.8 Å². The number of hydrogen-bond donors (Lipinski definition) is 2. The first-order chi connectivity index (χ1) is 9.83. The fourth-order valence-corrected chi connectivity index (χ4v) is 2.86. The monoisotopic (exact) mass is 310 g/mol.